The van der Waals surface area contributed by atoms with Crippen molar-refractivity contribution in [3.05, 3.63) is 59.7 Å². The second-order valence-electron chi connectivity index (χ2n) is 8.06. The Kier molecular flexibility index (Phi) is 4.17. The number of hydrogen-bond donors (Lipinski definition) is 1. The van der Waals surface area contributed by atoms with Crippen molar-refractivity contribution < 1.29 is 19.4 Å². The van der Waals surface area contributed by atoms with Gasteiger partial charge in [0.05, 0.1) is 5.92 Å². The molecule has 1 heterocycles. The van der Waals surface area contributed by atoms with Crippen molar-refractivity contribution in [3.63, 3.8) is 0 Å². The van der Waals surface area contributed by atoms with Crippen molar-refractivity contribution in [2.75, 3.05) is 19.7 Å². The van der Waals surface area contributed by atoms with E-state index < -0.39 is 23.4 Å². The molecule has 1 amide bonds. The maximum absolute atomic E-state index is 12.6. The van der Waals surface area contributed by atoms with Crippen LogP contribution in [0.15, 0.2) is 48.5 Å². The van der Waals surface area contributed by atoms with Gasteiger partial charge in [-0.15, -0.1) is 0 Å². The first-order valence-electron chi connectivity index (χ1n) is 9.21. The Morgan fingerprint density at radius 1 is 1.07 bits per heavy atom. The van der Waals surface area contributed by atoms with Crippen molar-refractivity contribution in [3.8, 4) is 11.1 Å². The van der Waals surface area contributed by atoms with Gasteiger partial charge in [0.1, 0.15) is 6.61 Å². The average Bonchev–Trinajstić information content (AvgIpc) is 3.14. The highest BCUT2D eigenvalue weighted by atomic mass is 16.6. The molecular formula is C22H23NO4. The van der Waals surface area contributed by atoms with E-state index in [4.69, 9.17) is 4.74 Å². The van der Waals surface area contributed by atoms with Crippen LogP contribution < -0.4 is 0 Å². The van der Waals surface area contributed by atoms with Crippen LogP contribution >= 0.6 is 0 Å². The predicted octanol–water partition coefficient (Wildman–Crippen LogP) is 3.98. The van der Waals surface area contributed by atoms with Crippen LogP contribution in [-0.2, 0) is 9.53 Å². The molecule has 2 aromatic carbocycles. The number of amides is 1. The molecule has 1 saturated heterocycles. The molecule has 140 valence electrons. The lowest BCUT2D eigenvalue weighted by atomic mass is 9.82. The van der Waals surface area contributed by atoms with Crippen LogP contribution in [0.5, 0.6) is 0 Å². The van der Waals surface area contributed by atoms with Crippen LogP contribution in [0.4, 0.5) is 4.79 Å². The van der Waals surface area contributed by atoms with Gasteiger partial charge in [0.15, 0.2) is 0 Å². The van der Waals surface area contributed by atoms with E-state index in [-0.39, 0.29) is 19.1 Å². The van der Waals surface area contributed by atoms with Gasteiger partial charge in [0.25, 0.3) is 0 Å². The van der Waals surface area contributed by atoms with Gasteiger partial charge in [-0.1, -0.05) is 62.4 Å². The molecule has 0 spiro atoms. The van der Waals surface area contributed by atoms with Gasteiger partial charge in [0.2, 0.25) is 0 Å². The highest BCUT2D eigenvalue weighted by molar-refractivity contribution is 5.79. The molecule has 0 bridgehead atoms. The third-order valence-electron chi connectivity index (χ3n) is 5.84. The summed E-state index contributed by atoms with van der Waals surface area (Å²) in [7, 11) is 0. The first kappa shape index (κ1) is 17.6. The fraction of sp³-hybridized carbons (Fsp3) is 0.364. The first-order chi connectivity index (χ1) is 12.9. The molecule has 1 atom stereocenters. The Labute approximate surface area is 158 Å². The topological polar surface area (TPSA) is 66.8 Å². The Hall–Kier alpha value is -2.82. The molecule has 5 nitrogen and oxygen atoms in total. The van der Waals surface area contributed by atoms with E-state index in [9.17, 15) is 14.7 Å². The fourth-order valence-electron chi connectivity index (χ4n) is 4.37. The number of carboxylic acid groups (broad SMARTS) is 1. The maximum Gasteiger partial charge on any atom is 0.409 e. The van der Waals surface area contributed by atoms with Crippen molar-refractivity contribution in [2.24, 2.45) is 11.3 Å². The Balaban J connectivity index is 1.50. The third kappa shape index (κ3) is 2.97. The zero-order valence-corrected chi connectivity index (χ0v) is 15.5. The number of carbonyl (C=O) groups is 2. The van der Waals surface area contributed by atoms with Gasteiger partial charge >= 0.3 is 12.1 Å². The summed E-state index contributed by atoms with van der Waals surface area (Å²) in [4.78, 5) is 25.6. The van der Waals surface area contributed by atoms with Crippen LogP contribution in [0.2, 0.25) is 0 Å². The monoisotopic (exact) mass is 365 g/mol. The highest BCUT2D eigenvalue weighted by Crippen LogP contribution is 2.44. The molecular weight excluding hydrogens is 342 g/mol. The minimum Gasteiger partial charge on any atom is -0.481 e. The zero-order chi connectivity index (χ0) is 19.2. The summed E-state index contributed by atoms with van der Waals surface area (Å²) in [5, 5.41) is 9.39. The third-order valence-corrected chi connectivity index (χ3v) is 5.84. The quantitative estimate of drug-likeness (QED) is 0.893. The van der Waals surface area contributed by atoms with E-state index in [2.05, 4.69) is 24.3 Å². The molecule has 2 aliphatic rings. The smallest absolute Gasteiger partial charge is 0.409 e. The fourth-order valence-corrected chi connectivity index (χ4v) is 4.37. The van der Waals surface area contributed by atoms with Crippen molar-refractivity contribution >= 4 is 12.1 Å². The van der Waals surface area contributed by atoms with E-state index >= 15 is 0 Å². The lowest BCUT2D eigenvalue weighted by molar-refractivity contribution is -0.144. The van der Waals surface area contributed by atoms with Gasteiger partial charge < -0.3 is 14.7 Å². The molecule has 1 aliphatic carbocycles. The Morgan fingerprint density at radius 3 is 2.15 bits per heavy atom. The number of benzene rings is 2. The molecule has 1 fully saturated rings. The molecule has 2 aromatic rings. The zero-order valence-electron chi connectivity index (χ0n) is 15.5. The van der Waals surface area contributed by atoms with Gasteiger partial charge in [-0.3, -0.25) is 4.79 Å². The average molecular weight is 365 g/mol. The summed E-state index contributed by atoms with van der Waals surface area (Å²) in [6.45, 7) is 4.59. The van der Waals surface area contributed by atoms with E-state index in [0.717, 1.165) is 11.1 Å². The summed E-state index contributed by atoms with van der Waals surface area (Å²) in [5.41, 5.74) is 4.23. The lowest BCUT2D eigenvalue weighted by Gasteiger charge is -2.22. The van der Waals surface area contributed by atoms with Crippen LogP contribution in [0.3, 0.4) is 0 Å². The number of carbonyl (C=O) groups excluding carboxylic acids is 1. The normalized spacial score (nSPS) is 20.2. The van der Waals surface area contributed by atoms with Crippen LogP contribution in [0.25, 0.3) is 11.1 Å². The molecule has 0 radical (unpaired) electrons. The Bertz CT molecular complexity index is 859. The number of ether oxygens (including phenoxy) is 1. The Morgan fingerprint density at radius 2 is 1.63 bits per heavy atom. The molecule has 1 aliphatic heterocycles. The molecule has 0 unspecified atom stereocenters. The first-order valence-corrected chi connectivity index (χ1v) is 9.21. The van der Waals surface area contributed by atoms with Crippen molar-refractivity contribution in [1.29, 1.82) is 0 Å². The number of likely N-dealkylation sites (tertiary alicyclic amines) is 1. The summed E-state index contributed by atoms with van der Waals surface area (Å²) in [6.07, 6.45) is -0.436. The van der Waals surface area contributed by atoms with Gasteiger partial charge in [-0.2, -0.15) is 0 Å². The van der Waals surface area contributed by atoms with Crippen molar-refractivity contribution in [1.82, 2.24) is 4.90 Å². The van der Waals surface area contributed by atoms with E-state index in [0.29, 0.717) is 6.54 Å². The largest absolute Gasteiger partial charge is 0.481 e. The number of carboxylic acids is 1. The van der Waals surface area contributed by atoms with Gasteiger partial charge in [0, 0.05) is 19.0 Å². The number of aliphatic carboxylic acids is 1. The van der Waals surface area contributed by atoms with Crippen LogP contribution in [-0.4, -0.2) is 41.8 Å². The van der Waals surface area contributed by atoms with Gasteiger partial charge in [-0.05, 0) is 27.7 Å². The standard InChI is InChI=1S/C22H23NO4/c1-22(2)13-23(11-19(22)20(24)25)21(26)27-12-18-16-9-5-3-7-14(16)15-8-4-6-10-17(15)18/h3-10,18-19H,11-13H2,1-2H3,(H,24,25)/t19-/m1/s1. The summed E-state index contributed by atoms with van der Waals surface area (Å²) in [6, 6.07) is 16.4. The summed E-state index contributed by atoms with van der Waals surface area (Å²) < 4.78 is 5.64. The van der Waals surface area contributed by atoms with Crippen molar-refractivity contribution in [2.45, 2.75) is 19.8 Å². The second kappa shape index (κ2) is 6.41. The van der Waals surface area contributed by atoms with Gasteiger partial charge in [-0.25, -0.2) is 4.79 Å². The molecule has 4 rings (SSSR count). The highest BCUT2D eigenvalue weighted by Gasteiger charge is 2.46. The van der Waals surface area contributed by atoms with E-state index in [1.807, 2.05) is 38.1 Å². The van der Waals surface area contributed by atoms with E-state index in [1.54, 1.807) is 0 Å². The molecule has 0 saturated carbocycles. The minimum atomic E-state index is -0.867. The van der Waals surface area contributed by atoms with Crippen LogP contribution in [0.1, 0.15) is 30.9 Å². The molecule has 0 aromatic heterocycles. The maximum atomic E-state index is 12.6. The molecule has 5 heteroatoms. The lowest BCUT2D eigenvalue weighted by Crippen LogP contribution is -2.31. The number of hydrogen-bond acceptors (Lipinski definition) is 3. The predicted molar refractivity (Wildman–Crippen MR) is 102 cm³/mol. The molecule has 27 heavy (non-hydrogen) atoms. The number of fused-ring (bicyclic) bond motifs is 3. The van der Waals surface area contributed by atoms with E-state index in [1.165, 1.54) is 16.0 Å². The van der Waals surface area contributed by atoms with Crippen LogP contribution in [0, 0.1) is 11.3 Å². The minimum absolute atomic E-state index is 0.00670. The second-order valence-corrected chi connectivity index (χ2v) is 8.06. The number of rotatable bonds is 3. The summed E-state index contributed by atoms with van der Waals surface area (Å²) >= 11 is 0. The summed E-state index contributed by atoms with van der Waals surface area (Å²) in [5.74, 6) is -1.43. The SMILES string of the molecule is CC1(C)CN(C(=O)OCC2c3ccccc3-c3ccccc32)C[C@@H]1C(=O)O. The molecule has 1 N–H and O–H groups in total. The number of nitrogens with zero attached hydrogens (tertiary/aromatic N) is 1.